The second-order valence-electron chi connectivity index (χ2n) is 4.22. The van der Waals surface area contributed by atoms with Crippen molar-refractivity contribution in [2.24, 2.45) is 0 Å². The highest BCUT2D eigenvalue weighted by Crippen LogP contribution is 2.27. The Labute approximate surface area is 137 Å². The molecule has 1 aromatic rings. The molecule has 0 saturated carbocycles. The number of hydrogen-bond donors (Lipinski definition) is 1. The average Bonchev–Trinajstić information content (AvgIpc) is 2.43. The molecule has 0 fully saturated rings. The third-order valence-corrected chi connectivity index (χ3v) is 3.54. The molecule has 1 rings (SSSR count). The minimum Gasteiger partial charge on any atom is -0.483 e. The predicted octanol–water partition coefficient (Wildman–Crippen LogP) is 2.47. The van der Waals surface area contributed by atoms with Crippen LogP contribution < -0.4 is 10.1 Å². The van der Waals surface area contributed by atoms with Gasteiger partial charge in [0, 0.05) is 18.1 Å². The van der Waals surface area contributed by atoms with Crippen molar-refractivity contribution < 1.29 is 14.3 Å². The molecule has 0 radical (unpaired) electrons. The van der Waals surface area contributed by atoms with E-state index in [1.54, 1.807) is 18.2 Å². The molecule has 0 aliphatic carbocycles. The molecule has 0 saturated heterocycles. The van der Waals surface area contributed by atoms with Crippen molar-refractivity contribution in [3.63, 3.8) is 0 Å². The molecule has 116 valence electrons. The molecule has 0 spiro atoms. The third kappa shape index (κ3) is 5.93. The summed E-state index contributed by atoms with van der Waals surface area (Å²) in [6.07, 6.45) is 0. The fourth-order valence-corrected chi connectivity index (χ4v) is 2.42. The zero-order valence-electron chi connectivity index (χ0n) is 12.0. The number of hydrogen-bond acceptors (Lipinski definition) is 3. The number of carbonyl (C=O) groups excluding carboxylic acids is 2. The van der Waals surface area contributed by atoms with Gasteiger partial charge in [-0.05, 0) is 48.0 Å². The summed E-state index contributed by atoms with van der Waals surface area (Å²) < 4.78 is 6.13. The molecule has 0 aliphatic rings. The Balaban J connectivity index is 2.56. The quantitative estimate of drug-likeness (QED) is 0.794. The summed E-state index contributed by atoms with van der Waals surface area (Å²) in [6, 6.07) is 5.05. The number of amides is 2. The van der Waals surface area contributed by atoms with E-state index in [9.17, 15) is 9.59 Å². The van der Waals surface area contributed by atoms with Gasteiger partial charge in [-0.3, -0.25) is 9.59 Å². The molecule has 1 N–H and O–H groups in total. The predicted molar refractivity (Wildman–Crippen MR) is 85.6 cm³/mol. The lowest BCUT2D eigenvalue weighted by molar-refractivity contribution is -0.137. The molecule has 21 heavy (non-hydrogen) atoms. The van der Waals surface area contributed by atoms with Crippen molar-refractivity contribution in [1.82, 2.24) is 10.2 Å². The van der Waals surface area contributed by atoms with E-state index in [2.05, 4.69) is 21.2 Å². The lowest BCUT2D eigenvalue weighted by Gasteiger charge is -2.20. The van der Waals surface area contributed by atoms with E-state index in [4.69, 9.17) is 16.3 Å². The van der Waals surface area contributed by atoms with Crippen LogP contribution in [0.2, 0.25) is 5.02 Å². The maximum Gasteiger partial charge on any atom is 0.260 e. The Morgan fingerprint density at radius 2 is 2.10 bits per heavy atom. The van der Waals surface area contributed by atoms with Crippen molar-refractivity contribution in [2.75, 3.05) is 26.2 Å². The second kappa shape index (κ2) is 8.89. The van der Waals surface area contributed by atoms with E-state index in [0.717, 1.165) is 0 Å². The molecule has 7 heteroatoms. The van der Waals surface area contributed by atoms with Gasteiger partial charge in [-0.2, -0.15) is 0 Å². The summed E-state index contributed by atoms with van der Waals surface area (Å²) in [5.74, 6) is 0.104. The molecule has 0 aliphatic heterocycles. The first-order chi connectivity index (χ1) is 9.97. The minimum atomic E-state index is -0.245. The fraction of sp³-hybridized carbons (Fsp3) is 0.429. The topological polar surface area (TPSA) is 58.6 Å². The van der Waals surface area contributed by atoms with Crippen molar-refractivity contribution in [3.05, 3.63) is 27.7 Å². The largest absolute Gasteiger partial charge is 0.483 e. The lowest BCUT2D eigenvalue weighted by Crippen LogP contribution is -2.42. The minimum absolute atomic E-state index is 0.0360. The highest BCUT2D eigenvalue weighted by molar-refractivity contribution is 9.10. The van der Waals surface area contributed by atoms with Crippen LogP contribution in [0.1, 0.15) is 13.8 Å². The standard InChI is InChI=1S/C14H18BrClN2O3/c1-3-17-13(19)8-18(4-2)14(20)9-21-12-6-5-10(16)7-11(12)15/h5-7H,3-4,8-9H2,1-2H3,(H,17,19). The zero-order chi connectivity index (χ0) is 15.8. The van der Waals surface area contributed by atoms with E-state index in [1.165, 1.54) is 4.90 Å². The molecule has 1 aromatic carbocycles. The van der Waals surface area contributed by atoms with Crippen molar-refractivity contribution in [1.29, 1.82) is 0 Å². The van der Waals surface area contributed by atoms with E-state index in [-0.39, 0.29) is 25.0 Å². The summed E-state index contributed by atoms with van der Waals surface area (Å²) in [5, 5.41) is 3.23. The monoisotopic (exact) mass is 376 g/mol. The van der Waals surface area contributed by atoms with Crippen LogP contribution in [0.3, 0.4) is 0 Å². The Morgan fingerprint density at radius 1 is 1.38 bits per heavy atom. The first kappa shape index (κ1) is 17.8. The summed E-state index contributed by atoms with van der Waals surface area (Å²) in [4.78, 5) is 25.0. The Morgan fingerprint density at radius 3 is 2.67 bits per heavy atom. The second-order valence-corrected chi connectivity index (χ2v) is 5.52. The Kier molecular flexibility index (Phi) is 7.53. The smallest absolute Gasteiger partial charge is 0.260 e. The molecule has 0 aromatic heterocycles. The van der Waals surface area contributed by atoms with Crippen LogP contribution in [0.4, 0.5) is 0 Å². The van der Waals surface area contributed by atoms with E-state index < -0.39 is 0 Å². The normalized spacial score (nSPS) is 10.1. The van der Waals surface area contributed by atoms with Crippen LogP contribution in [0.25, 0.3) is 0 Å². The maximum absolute atomic E-state index is 12.0. The highest BCUT2D eigenvalue weighted by Gasteiger charge is 2.16. The van der Waals surface area contributed by atoms with Crippen molar-refractivity contribution in [3.8, 4) is 5.75 Å². The van der Waals surface area contributed by atoms with Gasteiger partial charge in [-0.25, -0.2) is 0 Å². The van der Waals surface area contributed by atoms with Gasteiger partial charge in [0.05, 0.1) is 11.0 Å². The molecular weight excluding hydrogens is 360 g/mol. The highest BCUT2D eigenvalue weighted by atomic mass is 79.9. The van der Waals surface area contributed by atoms with Gasteiger partial charge in [0.2, 0.25) is 5.91 Å². The van der Waals surface area contributed by atoms with Gasteiger partial charge in [0.25, 0.3) is 5.91 Å². The summed E-state index contributed by atoms with van der Waals surface area (Å²) in [7, 11) is 0. The fourth-order valence-electron chi connectivity index (χ4n) is 1.63. The van der Waals surface area contributed by atoms with E-state index >= 15 is 0 Å². The number of benzene rings is 1. The number of ether oxygens (including phenoxy) is 1. The first-order valence-corrected chi connectivity index (χ1v) is 7.77. The molecule has 0 bridgehead atoms. The summed E-state index contributed by atoms with van der Waals surface area (Å²) >= 11 is 9.15. The van der Waals surface area contributed by atoms with Crippen molar-refractivity contribution >= 4 is 39.3 Å². The summed E-state index contributed by atoms with van der Waals surface area (Å²) in [5.41, 5.74) is 0. The number of rotatable bonds is 7. The van der Waals surface area contributed by atoms with E-state index in [0.29, 0.717) is 28.3 Å². The average molecular weight is 378 g/mol. The number of nitrogens with one attached hydrogen (secondary N) is 1. The first-order valence-electron chi connectivity index (χ1n) is 6.60. The number of carbonyl (C=O) groups is 2. The van der Waals surface area contributed by atoms with Crippen LogP contribution in [-0.2, 0) is 9.59 Å². The van der Waals surface area contributed by atoms with Crippen LogP contribution >= 0.6 is 27.5 Å². The molecule has 0 atom stereocenters. The van der Waals surface area contributed by atoms with Gasteiger partial charge in [0.15, 0.2) is 6.61 Å². The molecule has 5 nitrogen and oxygen atoms in total. The third-order valence-electron chi connectivity index (χ3n) is 2.69. The Bertz CT molecular complexity index is 511. The van der Waals surface area contributed by atoms with Crippen LogP contribution in [0, 0.1) is 0 Å². The maximum atomic E-state index is 12.0. The van der Waals surface area contributed by atoms with E-state index in [1.807, 2.05) is 13.8 Å². The molecule has 0 heterocycles. The molecule has 0 unspecified atom stereocenters. The van der Waals surface area contributed by atoms with Crippen LogP contribution in [-0.4, -0.2) is 43.0 Å². The van der Waals surface area contributed by atoms with Crippen LogP contribution in [0.15, 0.2) is 22.7 Å². The molecule has 2 amide bonds. The zero-order valence-corrected chi connectivity index (χ0v) is 14.3. The van der Waals surface area contributed by atoms with Gasteiger partial charge < -0.3 is 15.0 Å². The molecular formula is C14H18BrClN2O3. The van der Waals surface area contributed by atoms with Gasteiger partial charge in [-0.1, -0.05) is 11.6 Å². The number of halogens is 2. The Hall–Kier alpha value is -1.27. The van der Waals surface area contributed by atoms with Gasteiger partial charge in [-0.15, -0.1) is 0 Å². The van der Waals surface area contributed by atoms with Crippen LogP contribution in [0.5, 0.6) is 5.75 Å². The number of likely N-dealkylation sites (N-methyl/N-ethyl adjacent to an activating group) is 2. The SMILES string of the molecule is CCNC(=O)CN(CC)C(=O)COc1ccc(Cl)cc1Br. The lowest BCUT2D eigenvalue weighted by atomic mass is 10.3. The summed E-state index contributed by atoms with van der Waals surface area (Å²) in [6.45, 7) is 4.54. The van der Waals surface area contributed by atoms with Gasteiger partial charge in [0.1, 0.15) is 5.75 Å². The number of nitrogens with zero attached hydrogens (tertiary/aromatic N) is 1. The van der Waals surface area contributed by atoms with Crippen molar-refractivity contribution in [2.45, 2.75) is 13.8 Å². The van der Waals surface area contributed by atoms with Gasteiger partial charge >= 0.3 is 0 Å².